The molecule has 0 aromatic heterocycles. The molecule has 0 radical (unpaired) electrons. The maximum Gasteiger partial charge on any atom is 0.233 e. The predicted molar refractivity (Wildman–Crippen MR) is 52.9 cm³/mol. The zero-order chi connectivity index (χ0) is 10.4. The van der Waals surface area contributed by atoms with Crippen LogP contribution in [-0.2, 0) is 11.2 Å². The Bertz CT molecular complexity index is 351. The highest BCUT2D eigenvalue weighted by molar-refractivity contribution is 5.77. The lowest BCUT2D eigenvalue weighted by atomic mass is 10.1. The molecule has 0 unspecified atom stereocenters. The summed E-state index contributed by atoms with van der Waals surface area (Å²) in [5.41, 5.74) is 7.25. The van der Waals surface area contributed by atoms with Crippen molar-refractivity contribution in [2.24, 2.45) is 0 Å². The summed E-state index contributed by atoms with van der Waals surface area (Å²) in [4.78, 5) is 10.9. The lowest BCUT2D eigenvalue weighted by Crippen LogP contribution is -2.17. The van der Waals surface area contributed by atoms with Crippen molar-refractivity contribution in [3.05, 3.63) is 29.8 Å². The van der Waals surface area contributed by atoms with Gasteiger partial charge in [-0.1, -0.05) is 12.1 Å². The number of nitrogens with two attached hydrogens (primary N) is 1. The summed E-state index contributed by atoms with van der Waals surface area (Å²) in [6.07, 6.45) is 2.53. The fraction of sp³-hybridized carbons (Fsp3) is 0.200. The average Bonchev–Trinajstić information content (AvgIpc) is 2.17. The highest BCUT2D eigenvalue weighted by atomic mass is 16.1. The van der Waals surface area contributed by atoms with Crippen LogP contribution in [-0.4, -0.2) is 5.91 Å². The zero-order valence-corrected chi connectivity index (χ0v) is 7.66. The van der Waals surface area contributed by atoms with Gasteiger partial charge in [0, 0.05) is 12.1 Å². The van der Waals surface area contributed by atoms with Gasteiger partial charge in [-0.15, -0.1) is 0 Å². The van der Waals surface area contributed by atoms with E-state index in [0.717, 1.165) is 5.56 Å². The molecule has 72 valence electrons. The van der Waals surface area contributed by atoms with Crippen LogP contribution in [0.5, 0.6) is 0 Å². The third-order valence-electron chi connectivity index (χ3n) is 1.82. The summed E-state index contributed by atoms with van der Waals surface area (Å²) in [7, 11) is 0. The molecule has 14 heavy (non-hydrogen) atoms. The van der Waals surface area contributed by atoms with Crippen LogP contribution in [0.3, 0.4) is 0 Å². The van der Waals surface area contributed by atoms with Crippen molar-refractivity contribution in [1.82, 2.24) is 5.32 Å². The van der Waals surface area contributed by atoms with Gasteiger partial charge in [-0.2, -0.15) is 5.26 Å². The van der Waals surface area contributed by atoms with Crippen LogP contribution in [0.2, 0.25) is 0 Å². The molecular weight excluding hydrogens is 178 g/mol. The van der Waals surface area contributed by atoms with Crippen LogP contribution in [0.25, 0.3) is 0 Å². The molecular formula is C10H11N3O. The number of nitrogens with one attached hydrogen (secondary N) is 1. The molecule has 1 aromatic carbocycles. The molecule has 0 aliphatic heterocycles. The molecule has 0 atom stereocenters. The van der Waals surface area contributed by atoms with Gasteiger partial charge in [0.1, 0.15) is 0 Å². The molecule has 0 saturated carbocycles. The third-order valence-corrected chi connectivity index (χ3v) is 1.82. The molecule has 3 N–H and O–H groups in total. The van der Waals surface area contributed by atoms with Crippen molar-refractivity contribution < 1.29 is 4.79 Å². The molecule has 0 bridgehead atoms. The normalized spacial score (nSPS) is 9.07. The van der Waals surface area contributed by atoms with Crippen LogP contribution < -0.4 is 11.1 Å². The van der Waals surface area contributed by atoms with E-state index in [1.165, 1.54) is 0 Å². The second-order valence-corrected chi connectivity index (χ2v) is 2.90. The number of nitrogen functional groups attached to an aromatic ring is 1. The first-order chi connectivity index (χ1) is 6.72. The van der Waals surface area contributed by atoms with E-state index in [1.54, 1.807) is 18.3 Å². The molecule has 0 fully saturated rings. The maximum atomic E-state index is 10.9. The van der Waals surface area contributed by atoms with E-state index in [-0.39, 0.29) is 5.91 Å². The second-order valence-electron chi connectivity index (χ2n) is 2.90. The van der Waals surface area contributed by atoms with Gasteiger partial charge < -0.3 is 5.73 Å². The lowest BCUT2D eigenvalue weighted by Gasteiger charge is -2.00. The SMILES string of the molecule is N#CNC(=O)CCc1ccc(N)cc1. The Kier molecular flexibility index (Phi) is 3.50. The molecule has 0 aliphatic rings. The molecule has 0 spiro atoms. The number of benzene rings is 1. The smallest absolute Gasteiger partial charge is 0.233 e. The standard InChI is InChI=1S/C10H11N3O/c11-7-13-10(14)6-3-8-1-4-9(12)5-2-8/h1-2,4-5H,3,6,12H2,(H,13,14). The molecule has 4 heteroatoms. The highest BCUT2D eigenvalue weighted by Gasteiger charge is 2.00. The van der Waals surface area contributed by atoms with Crippen LogP contribution in [0, 0.1) is 11.5 Å². The fourth-order valence-electron chi connectivity index (χ4n) is 1.07. The van der Waals surface area contributed by atoms with Crippen molar-refractivity contribution in [1.29, 1.82) is 5.26 Å². The first kappa shape index (κ1) is 10.1. The van der Waals surface area contributed by atoms with Gasteiger partial charge in [-0.25, -0.2) is 0 Å². The van der Waals surface area contributed by atoms with Crippen molar-refractivity contribution in [2.45, 2.75) is 12.8 Å². The molecule has 1 amide bonds. The number of amides is 1. The molecule has 0 heterocycles. The Morgan fingerprint density at radius 1 is 1.43 bits per heavy atom. The summed E-state index contributed by atoms with van der Waals surface area (Å²) in [6.45, 7) is 0. The van der Waals surface area contributed by atoms with E-state index in [1.807, 2.05) is 12.1 Å². The van der Waals surface area contributed by atoms with Gasteiger partial charge in [0.05, 0.1) is 0 Å². The first-order valence-corrected chi connectivity index (χ1v) is 4.24. The third kappa shape index (κ3) is 3.15. The number of nitriles is 1. The summed E-state index contributed by atoms with van der Waals surface area (Å²) >= 11 is 0. The summed E-state index contributed by atoms with van der Waals surface area (Å²) in [5.74, 6) is -0.260. The fourth-order valence-corrected chi connectivity index (χ4v) is 1.07. The Morgan fingerprint density at radius 2 is 2.07 bits per heavy atom. The van der Waals surface area contributed by atoms with Gasteiger partial charge in [-0.05, 0) is 24.1 Å². The minimum atomic E-state index is -0.260. The van der Waals surface area contributed by atoms with Crippen molar-refractivity contribution in [3.63, 3.8) is 0 Å². The first-order valence-electron chi connectivity index (χ1n) is 4.24. The quantitative estimate of drug-likeness (QED) is 0.419. The van der Waals surface area contributed by atoms with Crippen LogP contribution >= 0.6 is 0 Å². The number of hydrogen-bond acceptors (Lipinski definition) is 3. The van der Waals surface area contributed by atoms with E-state index in [0.29, 0.717) is 18.5 Å². The maximum absolute atomic E-state index is 10.9. The van der Waals surface area contributed by atoms with E-state index >= 15 is 0 Å². The minimum Gasteiger partial charge on any atom is -0.399 e. The predicted octanol–water partition coefficient (Wildman–Crippen LogP) is 0.799. The molecule has 4 nitrogen and oxygen atoms in total. The Morgan fingerprint density at radius 3 is 2.64 bits per heavy atom. The lowest BCUT2D eigenvalue weighted by molar-refractivity contribution is -0.119. The number of anilines is 1. The van der Waals surface area contributed by atoms with E-state index in [4.69, 9.17) is 11.0 Å². The Hall–Kier alpha value is -2.02. The van der Waals surface area contributed by atoms with Crippen LogP contribution in [0.15, 0.2) is 24.3 Å². The molecule has 1 rings (SSSR count). The van der Waals surface area contributed by atoms with E-state index in [2.05, 4.69) is 5.32 Å². The molecule has 0 saturated heterocycles. The van der Waals surface area contributed by atoms with Gasteiger partial charge in [-0.3, -0.25) is 10.1 Å². The largest absolute Gasteiger partial charge is 0.399 e. The van der Waals surface area contributed by atoms with Crippen LogP contribution in [0.4, 0.5) is 5.69 Å². The number of nitrogens with zero attached hydrogens (tertiary/aromatic N) is 1. The van der Waals surface area contributed by atoms with Crippen LogP contribution in [0.1, 0.15) is 12.0 Å². The van der Waals surface area contributed by atoms with Gasteiger partial charge >= 0.3 is 0 Å². The zero-order valence-electron chi connectivity index (χ0n) is 7.66. The summed E-state index contributed by atoms with van der Waals surface area (Å²) in [5, 5.41) is 10.2. The number of carbonyl (C=O) groups is 1. The summed E-state index contributed by atoms with van der Waals surface area (Å²) < 4.78 is 0. The molecule has 1 aromatic rings. The number of carbonyl (C=O) groups excluding carboxylic acids is 1. The molecule has 0 aliphatic carbocycles. The van der Waals surface area contributed by atoms with Gasteiger partial charge in [0.15, 0.2) is 6.19 Å². The number of aryl methyl sites for hydroxylation is 1. The Labute approximate surface area is 82.3 Å². The van der Waals surface area contributed by atoms with Crippen molar-refractivity contribution in [3.8, 4) is 6.19 Å². The van der Waals surface area contributed by atoms with Gasteiger partial charge in [0.25, 0.3) is 0 Å². The van der Waals surface area contributed by atoms with Crippen molar-refractivity contribution >= 4 is 11.6 Å². The van der Waals surface area contributed by atoms with Gasteiger partial charge in [0.2, 0.25) is 5.91 Å². The Balaban J connectivity index is 2.43. The summed E-state index contributed by atoms with van der Waals surface area (Å²) in [6, 6.07) is 7.32. The highest BCUT2D eigenvalue weighted by Crippen LogP contribution is 2.07. The van der Waals surface area contributed by atoms with E-state index in [9.17, 15) is 4.79 Å². The van der Waals surface area contributed by atoms with Crippen molar-refractivity contribution in [2.75, 3.05) is 5.73 Å². The average molecular weight is 189 g/mol. The monoisotopic (exact) mass is 189 g/mol. The topological polar surface area (TPSA) is 78.9 Å². The minimum absolute atomic E-state index is 0.260. The number of hydrogen-bond donors (Lipinski definition) is 2. The van der Waals surface area contributed by atoms with E-state index < -0.39 is 0 Å². The number of rotatable bonds is 3. The second kappa shape index (κ2) is 4.87.